The first-order chi connectivity index (χ1) is 8.81. The molecule has 0 bridgehead atoms. The number of nitrogens with zero attached hydrogens (tertiary/aromatic N) is 1. The largest absolute Gasteiger partial charge is 0.340 e. The van der Waals surface area contributed by atoms with Crippen molar-refractivity contribution in [3.8, 4) is 0 Å². The van der Waals surface area contributed by atoms with Gasteiger partial charge < -0.3 is 10.2 Å². The van der Waals surface area contributed by atoms with Crippen molar-refractivity contribution in [3.63, 3.8) is 0 Å². The Morgan fingerprint density at radius 3 is 2.72 bits per heavy atom. The Balaban J connectivity index is 1.84. The molecule has 0 radical (unpaired) electrons. The van der Waals surface area contributed by atoms with E-state index in [4.69, 9.17) is 0 Å². The van der Waals surface area contributed by atoms with Crippen LogP contribution in [0, 0.1) is 0 Å². The molecular formula is C14H26N2OS. The highest BCUT2D eigenvalue weighted by Gasteiger charge is 2.27. The van der Waals surface area contributed by atoms with Gasteiger partial charge in [-0.1, -0.05) is 12.8 Å². The van der Waals surface area contributed by atoms with E-state index in [2.05, 4.69) is 17.1 Å². The van der Waals surface area contributed by atoms with Gasteiger partial charge in [-0.15, -0.1) is 11.8 Å². The number of carbonyl (C=O) groups is 1. The molecule has 4 heteroatoms. The minimum atomic E-state index is 0.238. The van der Waals surface area contributed by atoms with Gasteiger partial charge in [-0.2, -0.15) is 0 Å². The molecule has 1 amide bonds. The van der Waals surface area contributed by atoms with Crippen LogP contribution >= 0.6 is 11.8 Å². The molecule has 1 N–H and O–H groups in total. The van der Waals surface area contributed by atoms with E-state index in [1.165, 1.54) is 32.1 Å². The summed E-state index contributed by atoms with van der Waals surface area (Å²) in [5.74, 6) is 1.55. The number of carbonyl (C=O) groups excluding carboxylic acids is 1. The Kier molecular flexibility index (Phi) is 5.83. The highest BCUT2D eigenvalue weighted by molar-refractivity contribution is 8.00. The summed E-state index contributed by atoms with van der Waals surface area (Å²) in [7, 11) is 0. The molecule has 2 aliphatic rings. The van der Waals surface area contributed by atoms with E-state index in [0.29, 0.717) is 11.9 Å². The number of likely N-dealkylation sites (N-methyl/N-ethyl adjacent to an activating group) is 1. The first kappa shape index (κ1) is 14.2. The highest BCUT2D eigenvalue weighted by atomic mass is 32.2. The quantitative estimate of drug-likeness (QED) is 0.850. The van der Waals surface area contributed by atoms with Crippen molar-refractivity contribution >= 4 is 17.7 Å². The summed E-state index contributed by atoms with van der Waals surface area (Å²) in [5.41, 5.74) is 0. The van der Waals surface area contributed by atoms with Crippen molar-refractivity contribution in [2.75, 3.05) is 25.4 Å². The molecule has 0 aromatic heterocycles. The van der Waals surface area contributed by atoms with Crippen LogP contribution in [-0.2, 0) is 4.79 Å². The molecule has 0 aromatic carbocycles. The molecule has 2 heterocycles. The number of hydrogen-bond acceptors (Lipinski definition) is 3. The van der Waals surface area contributed by atoms with E-state index in [-0.39, 0.29) is 5.25 Å². The van der Waals surface area contributed by atoms with Crippen molar-refractivity contribution in [2.45, 2.75) is 56.7 Å². The molecule has 0 spiro atoms. The molecule has 2 rings (SSSR count). The minimum absolute atomic E-state index is 0.238. The normalized spacial score (nSPS) is 28.9. The lowest BCUT2D eigenvalue weighted by atomic mass is 10.0. The average Bonchev–Trinajstić information content (AvgIpc) is 2.46. The van der Waals surface area contributed by atoms with E-state index in [9.17, 15) is 4.79 Å². The first-order valence-electron chi connectivity index (χ1n) is 7.45. The standard InChI is InChI=1S/C14H26N2OS/c1-2-16(11-12-7-3-5-9-15-12)14(17)13-8-4-6-10-18-13/h12-13,15H,2-11H2,1H3. The third-order valence-corrected chi connectivity index (χ3v) is 5.37. The maximum absolute atomic E-state index is 12.5. The zero-order chi connectivity index (χ0) is 12.8. The molecule has 2 fully saturated rings. The lowest BCUT2D eigenvalue weighted by Crippen LogP contribution is -2.48. The predicted molar refractivity (Wildman–Crippen MR) is 78.0 cm³/mol. The Morgan fingerprint density at radius 1 is 1.28 bits per heavy atom. The molecule has 3 nitrogen and oxygen atoms in total. The number of piperidine rings is 1. The third-order valence-electron chi connectivity index (χ3n) is 4.00. The maximum atomic E-state index is 12.5. The smallest absolute Gasteiger partial charge is 0.235 e. The fraction of sp³-hybridized carbons (Fsp3) is 0.929. The van der Waals surface area contributed by atoms with Crippen molar-refractivity contribution in [1.82, 2.24) is 10.2 Å². The lowest BCUT2D eigenvalue weighted by Gasteiger charge is -2.33. The van der Waals surface area contributed by atoms with E-state index in [1.54, 1.807) is 0 Å². The maximum Gasteiger partial charge on any atom is 0.235 e. The van der Waals surface area contributed by atoms with Gasteiger partial charge in [-0.25, -0.2) is 0 Å². The molecule has 0 saturated carbocycles. The van der Waals surface area contributed by atoms with Gasteiger partial charge >= 0.3 is 0 Å². The Morgan fingerprint density at radius 2 is 2.11 bits per heavy atom. The predicted octanol–water partition coefficient (Wildman–Crippen LogP) is 2.26. The van der Waals surface area contributed by atoms with Crippen LogP contribution in [-0.4, -0.2) is 47.5 Å². The summed E-state index contributed by atoms with van der Waals surface area (Å²) in [6.07, 6.45) is 7.41. The molecule has 18 heavy (non-hydrogen) atoms. The van der Waals surface area contributed by atoms with E-state index >= 15 is 0 Å². The summed E-state index contributed by atoms with van der Waals surface area (Å²) in [6.45, 7) is 4.99. The summed E-state index contributed by atoms with van der Waals surface area (Å²) < 4.78 is 0. The monoisotopic (exact) mass is 270 g/mol. The van der Waals surface area contributed by atoms with Crippen LogP contribution in [0.4, 0.5) is 0 Å². The SMILES string of the molecule is CCN(CC1CCCCN1)C(=O)C1CCCCS1. The van der Waals surface area contributed by atoms with Crippen molar-refractivity contribution in [2.24, 2.45) is 0 Å². The molecule has 0 aromatic rings. The zero-order valence-corrected chi connectivity index (χ0v) is 12.3. The third kappa shape index (κ3) is 3.89. The summed E-state index contributed by atoms with van der Waals surface area (Å²) in [6, 6.07) is 0.524. The van der Waals surface area contributed by atoms with Crippen LogP contribution < -0.4 is 5.32 Å². The van der Waals surface area contributed by atoms with Crippen LogP contribution in [0.2, 0.25) is 0 Å². The van der Waals surface area contributed by atoms with Crippen LogP contribution in [0.25, 0.3) is 0 Å². The van der Waals surface area contributed by atoms with E-state index < -0.39 is 0 Å². The van der Waals surface area contributed by atoms with Gasteiger partial charge in [0.2, 0.25) is 5.91 Å². The van der Waals surface area contributed by atoms with Crippen LogP contribution in [0.15, 0.2) is 0 Å². The molecule has 104 valence electrons. The summed E-state index contributed by atoms with van der Waals surface area (Å²) in [4.78, 5) is 14.6. The van der Waals surface area contributed by atoms with Gasteiger partial charge in [0.15, 0.2) is 0 Å². The van der Waals surface area contributed by atoms with Gasteiger partial charge in [0.25, 0.3) is 0 Å². The fourth-order valence-corrected chi connectivity index (χ4v) is 4.14. The number of amides is 1. The first-order valence-corrected chi connectivity index (χ1v) is 8.50. The van der Waals surface area contributed by atoms with Crippen LogP contribution in [0.3, 0.4) is 0 Å². The molecule has 2 aliphatic heterocycles. The number of nitrogens with one attached hydrogen (secondary N) is 1. The molecule has 0 aliphatic carbocycles. The zero-order valence-electron chi connectivity index (χ0n) is 11.5. The second kappa shape index (κ2) is 7.39. The Bertz CT molecular complexity index is 261. The molecule has 2 unspecified atom stereocenters. The Hall–Kier alpha value is -0.220. The Labute approximate surface area is 115 Å². The van der Waals surface area contributed by atoms with Crippen molar-refractivity contribution in [3.05, 3.63) is 0 Å². The van der Waals surface area contributed by atoms with Gasteiger partial charge in [0.05, 0.1) is 5.25 Å². The van der Waals surface area contributed by atoms with Crippen LogP contribution in [0.1, 0.15) is 45.4 Å². The van der Waals surface area contributed by atoms with Gasteiger partial charge in [0, 0.05) is 19.1 Å². The molecular weight excluding hydrogens is 244 g/mol. The van der Waals surface area contributed by atoms with E-state index in [1.807, 2.05) is 11.8 Å². The highest BCUT2D eigenvalue weighted by Crippen LogP contribution is 2.26. The van der Waals surface area contributed by atoms with E-state index in [0.717, 1.165) is 31.8 Å². The number of rotatable bonds is 4. The number of thioether (sulfide) groups is 1. The average molecular weight is 270 g/mol. The van der Waals surface area contributed by atoms with Crippen LogP contribution in [0.5, 0.6) is 0 Å². The fourth-order valence-electron chi connectivity index (χ4n) is 2.86. The summed E-state index contributed by atoms with van der Waals surface area (Å²) >= 11 is 1.87. The van der Waals surface area contributed by atoms with Gasteiger partial charge in [-0.3, -0.25) is 4.79 Å². The van der Waals surface area contributed by atoms with Gasteiger partial charge in [-0.05, 0) is 44.9 Å². The molecule has 2 saturated heterocycles. The van der Waals surface area contributed by atoms with Crippen molar-refractivity contribution < 1.29 is 4.79 Å². The van der Waals surface area contributed by atoms with Crippen molar-refractivity contribution in [1.29, 1.82) is 0 Å². The second-order valence-electron chi connectivity index (χ2n) is 5.38. The molecule has 2 atom stereocenters. The van der Waals surface area contributed by atoms with Gasteiger partial charge in [0.1, 0.15) is 0 Å². The topological polar surface area (TPSA) is 32.3 Å². The second-order valence-corrected chi connectivity index (χ2v) is 6.69. The minimum Gasteiger partial charge on any atom is -0.340 e. The number of hydrogen-bond donors (Lipinski definition) is 1. The lowest BCUT2D eigenvalue weighted by molar-refractivity contribution is -0.131. The summed E-state index contributed by atoms with van der Waals surface area (Å²) in [5, 5.41) is 3.78.